The van der Waals surface area contributed by atoms with Crippen LogP contribution < -0.4 is 10.6 Å². The highest BCUT2D eigenvalue weighted by Gasteiger charge is 2.32. The van der Waals surface area contributed by atoms with Crippen molar-refractivity contribution < 1.29 is 14.7 Å². The van der Waals surface area contributed by atoms with Gasteiger partial charge in [-0.25, -0.2) is 9.59 Å². The SMILES string of the molecule is CC(C)(C)[C@H](NC(=O)Nc1cncc(Br)c1)C(=O)O. The van der Waals surface area contributed by atoms with Gasteiger partial charge in [0.1, 0.15) is 6.04 Å². The molecule has 1 aromatic rings. The van der Waals surface area contributed by atoms with Gasteiger partial charge in [-0.2, -0.15) is 0 Å². The molecule has 0 bridgehead atoms. The van der Waals surface area contributed by atoms with Gasteiger partial charge in [0.2, 0.25) is 0 Å². The van der Waals surface area contributed by atoms with E-state index in [0.29, 0.717) is 5.69 Å². The van der Waals surface area contributed by atoms with Gasteiger partial charge < -0.3 is 15.7 Å². The zero-order valence-corrected chi connectivity index (χ0v) is 12.5. The molecule has 1 heterocycles. The lowest BCUT2D eigenvalue weighted by atomic mass is 9.87. The number of aromatic nitrogens is 1. The third-order valence-corrected chi connectivity index (χ3v) is 2.78. The third-order valence-electron chi connectivity index (χ3n) is 2.35. The number of anilines is 1. The average molecular weight is 330 g/mol. The fraction of sp³-hybridized carbons (Fsp3) is 0.417. The number of aliphatic carboxylic acids is 1. The molecule has 0 fully saturated rings. The number of carbonyl (C=O) groups excluding carboxylic acids is 1. The highest BCUT2D eigenvalue weighted by Crippen LogP contribution is 2.20. The number of hydrogen-bond donors (Lipinski definition) is 3. The Labute approximate surface area is 119 Å². The summed E-state index contributed by atoms with van der Waals surface area (Å²) < 4.78 is 0.718. The molecule has 1 aromatic heterocycles. The number of carbonyl (C=O) groups is 2. The standard InChI is InChI=1S/C12H16BrN3O3/c1-12(2,3)9(10(17)18)16-11(19)15-8-4-7(13)5-14-6-8/h4-6,9H,1-3H3,(H,17,18)(H2,15,16,19)/t9-/m1/s1. The van der Waals surface area contributed by atoms with Crippen LogP contribution >= 0.6 is 15.9 Å². The predicted molar refractivity (Wildman–Crippen MR) is 75.0 cm³/mol. The van der Waals surface area contributed by atoms with Gasteiger partial charge in [0.05, 0.1) is 11.9 Å². The summed E-state index contributed by atoms with van der Waals surface area (Å²) in [6, 6.07) is 0.106. The van der Waals surface area contributed by atoms with E-state index in [2.05, 4.69) is 31.5 Å². The van der Waals surface area contributed by atoms with Crippen molar-refractivity contribution in [1.29, 1.82) is 0 Å². The molecule has 2 amide bonds. The molecule has 3 N–H and O–H groups in total. The third kappa shape index (κ3) is 4.86. The Kier molecular flexibility index (Phi) is 4.88. The van der Waals surface area contributed by atoms with Gasteiger partial charge in [-0.05, 0) is 27.4 Å². The number of hydrogen-bond acceptors (Lipinski definition) is 3. The summed E-state index contributed by atoms with van der Waals surface area (Å²) in [6.45, 7) is 5.23. The predicted octanol–water partition coefficient (Wildman–Crippen LogP) is 2.46. The minimum atomic E-state index is -1.07. The fourth-order valence-corrected chi connectivity index (χ4v) is 1.79. The van der Waals surface area contributed by atoms with Gasteiger partial charge in [-0.1, -0.05) is 20.8 Å². The van der Waals surface area contributed by atoms with Gasteiger partial charge in [-0.3, -0.25) is 4.98 Å². The van der Waals surface area contributed by atoms with Crippen molar-refractivity contribution in [3.05, 3.63) is 22.9 Å². The Morgan fingerprint density at radius 2 is 2.00 bits per heavy atom. The van der Waals surface area contributed by atoms with Crippen molar-refractivity contribution in [3.63, 3.8) is 0 Å². The summed E-state index contributed by atoms with van der Waals surface area (Å²) in [4.78, 5) is 26.8. The van der Waals surface area contributed by atoms with Crippen LogP contribution in [0.2, 0.25) is 0 Å². The lowest BCUT2D eigenvalue weighted by molar-refractivity contribution is -0.141. The molecule has 1 rings (SSSR count). The van der Waals surface area contributed by atoms with Crippen molar-refractivity contribution in [2.45, 2.75) is 26.8 Å². The van der Waals surface area contributed by atoms with Crippen LogP contribution in [0.1, 0.15) is 20.8 Å². The number of nitrogens with one attached hydrogen (secondary N) is 2. The highest BCUT2D eigenvalue weighted by atomic mass is 79.9. The summed E-state index contributed by atoms with van der Waals surface area (Å²) in [7, 11) is 0. The average Bonchev–Trinajstić information content (AvgIpc) is 2.24. The minimum Gasteiger partial charge on any atom is -0.480 e. The van der Waals surface area contributed by atoms with Crippen molar-refractivity contribution in [2.75, 3.05) is 5.32 Å². The summed E-state index contributed by atoms with van der Waals surface area (Å²) in [5.41, 5.74) is -0.108. The zero-order valence-electron chi connectivity index (χ0n) is 10.9. The summed E-state index contributed by atoms with van der Waals surface area (Å²) in [6.07, 6.45) is 3.05. The monoisotopic (exact) mass is 329 g/mol. The number of urea groups is 1. The van der Waals surface area contributed by atoms with Crippen LogP contribution in [-0.4, -0.2) is 28.1 Å². The molecule has 0 unspecified atom stereocenters. The summed E-state index contributed by atoms with van der Waals surface area (Å²) in [5.74, 6) is -1.07. The van der Waals surface area contributed by atoms with Crippen LogP contribution in [0, 0.1) is 5.41 Å². The number of carboxylic acids is 1. The molecule has 0 aliphatic rings. The van der Waals surface area contributed by atoms with E-state index in [1.807, 2.05) is 0 Å². The first-order valence-corrected chi connectivity index (χ1v) is 6.40. The van der Waals surface area contributed by atoms with E-state index in [-0.39, 0.29) is 0 Å². The Morgan fingerprint density at radius 1 is 1.37 bits per heavy atom. The fourth-order valence-electron chi connectivity index (χ4n) is 1.43. The zero-order chi connectivity index (χ0) is 14.6. The van der Waals surface area contributed by atoms with E-state index in [9.17, 15) is 9.59 Å². The van der Waals surface area contributed by atoms with Crippen molar-refractivity contribution >= 4 is 33.6 Å². The van der Waals surface area contributed by atoms with Crippen molar-refractivity contribution in [3.8, 4) is 0 Å². The smallest absolute Gasteiger partial charge is 0.326 e. The number of pyridine rings is 1. The Hall–Kier alpha value is -1.63. The van der Waals surface area contributed by atoms with E-state index in [1.165, 1.54) is 6.20 Å². The van der Waals surface area contributed by atoms with E-state index >= 15 is 0 Å². The van der Waals surface area contributed by atoms with E-state index in [1.54, 1.807) is 33.0 Å². The lowest BCUT2D eigenvalue weighted by Crippen LogP contribution is -2.50. The molecule has 1 atom stereocenters. The van der Waals surface area contributed by atoms with Gasteiger partial charge in [0.25, 0.3) is 0 Å². The number of rotatable bonds is 3. The largest absolute Gasteiger partial charge is 0.480 e. The molecule has 6 nitrogen and oxygen atoms in total. The van der Waals surface area contributed by atoms with Gasteiger partial charge in [0.15, 0.2) is 0 Å². The van der Waals surface area contributed by atoms with Crippen molar-refractivity contribution in [1.82, 2.24) is 10.3 Å². The molecule has 0 saturated carbocycles. The highest BCUT2D eigenvalue weighted by molar-refractivity contribution is 9.10. The molecule has 104 valence electrons. The molecular formula is C12H16BrN3O3. The molecule has 0 radical (unpaired) electrons. The molecule has 7 heteroatoms. The van der Waals surface area contributed by atoms with Crippen LogP contribution in [-0.2, 0) is 4.79 Å². The Bertz CT molecular complexity index is 485. The Morgan fingerprint density at radius 3 is 2.47 bits per heavy atom. The van der Waals surface area contributed by atoms with Gasteiger partial charge >= 0.3 is 12.0 Å². The topological polar surface area (TPSA) is 91.3 Å². The van der Waals surface area contributed by atoms with Crippen LogP contribution in [0.5, 0.6) is 0 Å². The maximum absolute atomic E-state index is 11.8. The number of halogens is 1. The number of nitrogens with zero attached hydrogens (tertiary/aromatic N) is 1. The molecule has 0 aliphatic carbocycles. The summed E-state index contributed by atoms with van der Waals surface area (Å²) in [5, 5.41) is 14.1. The van der Waals surface area contributed by atoms with Crippen molar-refractivity contribution in [2.24, 2.45) is 5.41 Å². The summed E-state index contributed by atoms with van der Waals surface area (Å²) >= 11 is 3.23. The first-order chi connectivity index (χ1) is 8.70. The van der Waals surface area contributed by atoms with Crippen LogP contribution in [0.15, 0.2) is 22.9 Å². The second kappa shape index (κ2) is 6.01. The van der Waals surface area contributed by atoms with Crippen LogP contribution in [0.4, 0.5) is 10.5 Å². The number of carboxylic acid groups (broad SMARTS) is 1. The molecule has 0 saturated heterocycles. The number of amides is 2. The van der Waals surface area contributed by atoms with E-state index in [0.717, 1.165) is 4.47 Å². The van der Waals surface area contributed by atoms with Crippen LogP contribution in [0.25, 0.3) is 0 Å². The lowest BCUT2D eigenvalue weighted by Gasteiger charge is -2.27. The Balaban J connectivity index is 2.71. The molecule has 0 spiro atoms. The maximum Gasteiger partial charge on any atom is 0.326 e. The maximum atomic E-state index is 11.8. The molecular weight excluding hydrogens is 314 g/mol. The normalized spacial score (nSPS) is 12.6. The second-order valence-corrected chi connectivity index (χ2v) is 6.04. The van der Waals surface area contributed by atoms with E-state index in [4.69, 9.17) is 5.11 Å². The molecule has 19 heavy (non-hydrogen) atoms. The van der Waals surface area contributed by atoms with Crippen LogP contribution in [0.3, 0.4) is 0 Å². The quantitative estimate of drug-likeness (QED) is 0.794. The first kappa shape index (κ1) is 15.4. The van der Waals surface area contributed by atoms with Gasteiger partial charge in [0, 0.05) is 10.7 Å². The van der Waals surface area contributed by atoms with Gasteiger partial charge in [-0.15, -0.1) is 0 Å². The molecule has 0 aliphatic heterocycles. The minimum absolute atomic E-state index is 0.477. The van der Waals surface area contributed by atoms with E-state index < -0.39 is 23.5 Å². The second-order valence-electron chi connectivity index (χ2n) is 5.13. The molecule has 0 aromatic carbocycles. The first-order valence-electron chi connectivity index (χ1n) is 5.61.